The van der Waals surface area contributed by atoms with Gasteiger partial charge in [0.15, 0.2) is 6.54 Å². The zero-order chi connectivity index (χ0) is 19.1. The quantitative estimate of drug-likeness (QED) is 0.793. The average molecular weight is 385 g/mol. The van der Waals surface area contributed by atoms with E-state index in [1.165, 1.54) is 49.2 Å². The number of H-pyrrole nitrogens is 1. The molecule has 4 saturated carbocycles. The van der Waals surface area contributed by atoms with Gasteiger partial charge in [0.05, 0.1) is 6.20 Å². The van der Waals surface area contributed by atoms with Gasteiger partial charge in [0, 0.05) is 12.1 Å². The third kappa shape index (κ3) is 3.54. The van der Waals surface area contributed by atoms with Crippen LogP contribution in [0.2, 0.25) is 0 Å². The molecule has 1 atom stereocenters. The number of amides is 1. The molecule has 0 radical (unpaired) electrons. The van der Waals surface area contributed by atoms with Gasteiger partial charge in [-0.15, -0.1) is 0 Å². The minimum atomic E-state index is 0.262. The Morgan fingerprint density at radius 3 is 2.39 bits per heavy atom. The second-order valence-corrected chi connectivity index (χ2v) is 10.2. The lowest BCUT2D eigenvalue weighted by Crippen LogP contribution is -3.16. The Morgan fingerprint density at radius 1 is 1.18 bits per heavy atom. The summed E-state index contributed by atoms with van der Waals surface area (Å²) in [6, 6.07) is 6.56. The van der Waals surface area contributed by atoms with Crippen LogP contribution in [0.3, 0.4) is 0 Å². The van der Waals surface area contributed by atoms with Crippen molar-refractivity contribution in [3.05, 3.63) is 24.4 Å². The largest absolute Gasteiger partial charge is 0.348 e. The summed E-state index contributed by atoms with van der Waals surface area (Å²) in [5, 5.41) is 3.45. The maximum atomic E-state index is 12.8. The van der Waals surface area contributed by atoms with Crippen LogP contribution >= 0.6 is 0 Å². The van der Waals surface area contributed by atoms with Crippen LogP contribution in [0.1, 0.15) is 45.4 Å². The molecule has 0 aromatic carbocycles. The average Bonchev–Trinajstić information content (AvgIpc) is 2.68. The van der Waals surface area contributed by atoms with Crippen LogP contribution < -0.4 is 20.1 Å². The summed E-state index contributed by atoms with van der Waals surface area (Å²) in [5.74, 6) is 4.27. The molecule has 5 aliphatic rings. The van der Waals surface area contributed by atoms with Crippen molar-refractivity contribution >= 4 is 11.7 Å². The molecule has 6 rings (SSSR count). The molecule has 0 spiro atoms. The molecule has 1 aromatic heterocycles. The first kappa shape index (κ1) is 18.4. The van der Waals surface area contributed by atoms with E-state index in [9.17, 15) is 4.79 Å². The number of nitrogens with zero attached hydrogens (tertiary/aromatic N) is 1. The molecule has 152 valence electrons. The Balaban J connectivity index is 1.12. The standard InChI is InChI=1S/C23H34N4O/c1-17(23-13-18-10-19(14-23)12-20(11-18)15-23)25-22(28)16-26-6-8-27(9-7-26)21-4-2-3-5-24-21/h2-5,17-20H,6-16H2,1H3,(H,25,28)/p+2/t17-,18?,19?,20?,23?/m0/s1. The van der Waals surface area contributed by atoms with E-state index >= 15 is 0 Å². The van der Waals surface area contributed by atoms with E-state index in [-0.39, 0.29) is 5.91 Å². The zero-order valence-corrected chi connectivity index (χ0v) is 17.3. The van der Waals surface area contributed by atoms with Crippen LogP contribution in [-0.2, 0) is 4.79 Å². The maximum Gasteiger partial charge on any atom is 0.275 e. The highest BCUT2D eigenvalue weighted by Gasteiger charge is 2.53. The van der Waals surface area contributed by atoms with E-state index in [0.717, 1.165) is 43.9 Å². The van der Waals surface area contributed by atoms with Crippen molar-refractivity contribution < 1.29 is 14.7 Å². The highest BCUT2D eigenvalue weighted by Crippen LogP contribution is 2.61. The van der Waals surface area contributed by atoms with E-state index in [1.54, 1.807) is 0 Å². The highest BCUT2D eigenvalue weighted by atomic mass is 16.2. The van der Waals surface area contributed by atoms with Crippen molar-refractivity contribution in [1.29, 1.82) is 0 Å². The molecule has 4 bridgehead atoms. The molecule has 1 aliphatic heterocycles. The number of rotatable bonds is 5. The van der Waals surface area contributed by atoms with Crippen LogP contribution in [-0.4, -0.2) is 44.7 Å². The number of nitrogens with one attached hydrogen (secondary N) is 3. The number of quaternary nitrogens is 1. The molecule has 28 heavy (non-hydrogen) atoms. The van der Waals surface area contributed by atoms with Gasteiger partial charge in [-0.3, -0.25) is 9.69 Å². The zero-order valence-electron chi connectivity index (χ0n) is 17.3. The number of hydrogen-bond acceptors (Lipinski definition) is 2. The first-order valence-corrected chi connectivity index (χ1v) is 11.4. The maximum absolute atomic E-state index is 12.8. The second kappa shape index (κ2) is 7.33. The summed E-state index contributed by atoms with van der Waals surface area (Å²) in [5.41, 5.74) is 0.404. The fourth-order valence-electron chi connectivity index (χ4n) is 7.20. The Kier molecular flexibility index (Phi) is 4.82. The minimum Gasteiger partial charge on any atom is -0.348 e. The lowest BCUT2D eigenvalue weighted by atomic mass is 9.48. The van der Waals surface area contributed by atoms with Crippen LogP contribution in [0.5, 0.6) is 0 Å². The molecule has 4 aliphatic carbocycles. The van der Waals surface area contributed by atoms with Gasteiger partial charge in [0.1, 0.15) is 26.2 Å². The molecular weight excluding hydrogens is 348 g/mol. The minimum absolute atomic E-state index is 0.262. The van der Waals surface area contributed by atoms with Gasteiger partial charge in [-0.2, -0.15) is 0 Å². The number of carbonyl (C=O) groups excluding carboxylic acids is 1. The van der Waals surface area contributed by atoms with E-state index in [0.29, 0.717) is 18.0 Å². The molecule has 3 N–H and O–H groups in total. The van der Waals surface area contributed by atoms with Gasteiger partial charge >= 0.3 is 0 Å². The van der Waals surface area contributed by atoms with E-state index < -0.39 is 0 Å². The lowest BCUT2D eigenvalue weighted by Gasteiger charge is -2.59. The van der Waals surface area contributed by atoms with Crippen molar-refractivity contribution in [2.24, 2.45) is 23.2 Å². The van der Waals surface area contributed by atoms with Crippen molar-refractivity contribution in [3.8, 4) is 0 Å². The van der Waals surface area contributed by atoms with Gasteiger partial charge in [-0.05, 0) is 74.7 Å². The van der Waals surface area contributed by atoms with Crippen molar-refractivity contribution in [1.82, 2.24) is 5.32 Å². The number of aromatic nitrogens is 1. The Labute approximate surface area is 168 Å². The summed E-state index contributed by atoms with van der Waals surface area (Å²) < 4.78 is 0. The first-order chi connectivity index (χ1) is 13.6. The van der Waals surface area contributed by atoms with Gasteiger partial charge in [0.25, 0.3) is 11.7 Å². The van der Waals surface area contributed by atoms with Crippen LogP contribution in [0, 0.1) is 23.2 Å². The predicted molar refractivity (Wildman–Crippen MR) is 109 cm³/mol. The fraction of sp³-hybridized carbons (Fsp3) is 0.739. The molecular formula is C23H36N4O+2. The molecule has 5 fully saturated rings. The van der Waals surface area contributed by atoms with Gasteiger partial charge in [0.2, 0.25) is 0 Å². The fourth-order valence-corrected chi connectivity index (χ4v) is 7.20. The molecule has 0 unspecified atom stereocenters. The van der Waals surface area contributed by atoms with E-state index in [1.807, 2.05) is 12.3 Å². The number of aromatic amines is 1. The number of anilines is 1. The SMILES string of the molecule is C[C@H](NC(=O)C[NH+]1CCN(c2cccc[nH+]2)CC1)C12CC3CC(CC(C3)C1)C2. The highest BCUT2D eigenvalue weighted by molar-refractivity contribution is 5.77. The summed E-state index contributed by atoms with van der Waals surface area (Å²) in [4.78, 5) is 19.9. The number of hydrogen-bond donors (Lipinski definition) is 2. The van der Waals surface area contributed by atoms with Crippen molar-refractivity contribution in [2.45, 2.75) is 51.5 Å². The monoisotopic (exact) mass is 384 g/mol. The summed E-state index contributed by atoms with van der Waals surface area (Å²) in [7, 11) is 0. The van der Waals surface area contributed by atoms with E-state index in [4.69, 9.17) is 0 Å². The topological polar surface area (TPSA) is 50.9 Å². The van der Waals surface area contributed by atoms with Crippen LogP contribution in [0.25, 0.3) is 0 Å². The molecule has 5 nitrogen and oxygen atoms in total. The predicted octanol–water partition coefficient (Wildman–Crippen LogP) is 0.927. The van der Waals surface area contributed by atoms with Crippen molar-refractivity contribution in [2.75, 3.05) is 37.6 Å². The smallest absolute Gasteiger partial charge is 0.275 e. The first-order valence-electron chi connectivity index (χ1n) is 11.4. The number of piperazine rings is 1. The second-order valence-electron chi connectivity index (χ2n) is 10.2. The molecule has 1 aromatic rings. The summed E-state index contributed by atoms with van der Waals surface area (Å²) >= 11 is 0. The summed E-state index contributed by atoms with van der Waals surface area (Å²) in [6.07, 6.45) is 10.5. The van der Waals surface area contributed by atoms with Gasteiger partial charge in [-0.25, -0.2) is 4.98 Å². The third-order valence-electron chi connectivity index (χ3n) is 8.30. The van der Waals surface area contributed by atoms with Gasteiger partial charge in [-0.1, -0.05) is 6.07 Å². The Morgan fingerprint density at radius 2 is 1.82 bits per heavy atom. The molecule has 2 heterocycles. The van der Waals surface area contributed by atoms with Crippen LogP contribution in [0.4, 0.5) is 5.82 Å². The van der Waals surface area contributed by atoms with E-state index in [2.05, 4.69) is 34.3 Å². The number of carbonyl (C=O) groups is 1. The normalized spacial score (nSPS) is 35.8. The molecule has 5 heteroatoms. The third-order valence-corrected chi connectivity index (χ3v) is 8.30. The summed E-state index contributed by atoms with van der Waals surface area (Å²) in [6.45, 7) is 7.00. The van der Waals surface area contributed by atoms with Crippen LogP contribution in [0.15, 0.2) is 24.4 Å². The van der Waals surface area contributed by atoms with Crippen molar-refractivity contribution in [3.63, 3.8) is 0 Å². The Hall–Kier alpha value is -1.62. The number of pyridine rings is 1. The Bertz CT molecular complexity index is 663. The molecule has 1 amide bonds. The molecule has 1 saturated heterocycles. The van der Waals surface area contributed by atoms with Gasteiger partial charge < -0.3 is 10.2 Å². The lowest BCUT2D eigenvalue weighted by molar-refractivity contribution is -0.892.